The normalized spacial score (nSPS) is 75.0. The number of hydrogen-bond donors (Lipinski definition) is 1. The highest BCUT2D eigenvalue weighted by atomic mass is 32.1. The predicted molar refractivity (Wildman–Crippen MR) is 34.5 cm³/mol. The van der Waals surface area contributed by atoms with Crippen LogP contribution < -0.4 is 0 Å². The van der Waals surface area contributed by atoms with E-state index in [9.17, 15) is 0 Å². The molecule has 0 aromatic rings. The number of rotatable bonds is 0. The van der Waals surface area contributed by atoms with Crippen molar-refractivity contribution >= 4 is 12.8 Å². The first-order valence-corrected chi connectivity index (χ1v) is 3.69. The fourth-order valence-electron chi connectivity index (χ4n) is 2.48. The molecule has 0 aromatic heterocycles. The van der Waals surface area contributed by atoms with Crippen molar-refractivity contribution in [2.75, 3.05) is 0 Å². The molecule has 2 bridgehead atoms. The molecule has 3 unspecified atom stereocenters. The maximum absolute atomic E-state index is 4.38. The van der Waals surface area contributed by atoms with Gasteiger partial charge in [-0.2, -0.15) is 0 Å². The van der Waals surface area contributed by atoms with Gasteiger partial charge in [-0.25, -0.2) is 4.31 Å². The molecule has 0 N–H and O–H groups in total. The molecule has 0 aromatic carbocycles. The summed E-state index contributed by atoms with van der Waals surface area (Å²) in [6.45, 7) is 2.29. The van der Waals surface area contributed by atoms with Gasteiger partial charge >= 0.3 is 0 Å². The van der Waals surface area contributed by atoms with E-state index in [0.717, 1.165) is 29.8 Å². The van der Waals surface area contributed by atoms with Crippen LogP contribution in [-0.4, -0.2) is 16.4 Å². The Balaban J connectivity index is 2.02. The van der Waals surface area contributed by atoms with Crippen LogP contribution in [0.5, 0.6) is 0 Å². The van der Waals surface area contributed by atoms with Crippen molar-refractivity contribution in [3.8, 4) is 0 Å². The van der Waals surface area contributed by atoms with Crippen molar-refractivity contribution in [1.82, 2.24) is 4.31 Å². The zero-order valence-corrected chi connectivity index (χ0v) is 5.68. The monoisotopic (exact) mass is 127 g/mol. The van der Waals surface area contributed by atoms with E-state index in [1.54, 1.807) is 0 Å². The Morgan fingerprint density at radius 2 is 1.88 bits per heavy atom. The molecule has 2 saturated heterocycles. The largest absolute Gasteiger partial charge is 0.247 e. The average molecular weight is 127 g/mol. The lowest BCUT2D eigenvalue weighted by Crippen LogP contribution is -2.15. The molecule has 8 heavy (non-hydrogen) atoms. The fraction of sp³-hybridized carbons (Fsp3) is 1.00. The first kappa shape index (κ1) is 4.18. The first-order chi connectivity index (χ1) is 3.82. The summed E-state index contributed by atoms with van der Waals surface area (Å²) < 4.78 is 2.25. The van der Waals surface area contributed by atoms with E-state index in [4.69, 9.17) is 0 Å². The third kappa shape index (κ3) is 0.222. The lowest BCUT2D eigenvalue weighted by atomic mass is 10.1. The van der Waals surface area contributed by atoms with Gasteiger partial charge < -0.3 is 0 Å². The van der Waals surface area contributed by atoms with Crippen LogP contribution in [-0.2, 0) is 0 Å². The Morgan fingerprint density at radius 1 is 1.25 bits per heavy atom. The molecular formula is C6H9NS. The van der Waals surface area contributed by atoms with E-state index in [0.29, 0.717) is 0 Å². The van der Waals surface area contributed by atoms with Crippen LogP contribution in [0.2, 0.25) is 0 Å². The topological polar surface area (TPSA) is 3.24 Å². The SMILES string of the molecule is CC1C2C3C2C3N1S. The van der Waals surface area contributed by atoms with Gasteiger partial charge in [-0.1, -0.05) is 12.8 Å². The van der Waals surface area contributed by atoms with E-state index in [1.807, 2.05) is 0 Å². The van der Waals surface area contributed by atoms with Crippen molar-refractivity contribution < 1.29 is 0 Å². The zero-order chi connectivity index (χ0) is 5.46. The molecule has 4 rings (SSSR count). The standard InChI is InChI=1S/C6H9NS/c1-2-3-4-5(3)6(4)7(2)8/h2-6,8H,1H3. The van der Waals surface area contributed by atoms with Gasteiger partial charge in [-0.15, -0.1) is 0 Å². The molecule has 4 aliphatic rings. The van der Waals surface area contributed by atoms with Crippen LogP contribution in [0.1, 0.15) is 6.92 Å². The number of thiol groups is 1. The molecule has 2 aliphatic heterocycles. The van der Waals surface area contributed by atoms with Crippen LogP contribution in [0, 0.1) is 17.8 Å². The fourth-order valence-corrected chi connectivity index (χ4v) is 2.94. The Morgan fingerprint density at radius 3 is 2.00 bits per heavy atom. The summed E-state index contributed by atoms with van der Waals surface area (Å²) in [5.41, 5.74) is 0. The third-order valence-electron chi connectivity index (χ3n) is 3.12. The van der Waals surface area contributed by atoms with Crippen LogP contribution in [0.3, 0.4) is 0 Å². The Hall–Kier alpha value is 0.310. The molecular weight excluding hydrogens is 118 g/mol. The number of nitrogens with zero attached hydrogens (tertiary/aromatic N) is 1. The summed E-state index contributed by atoms with van der Waals surface area (Å²) in [7, 11) is 0. The van der Waals surface area contributed by atoms with E-state index >= 15 is 0 Å². The maximum Gasteiger partial charge on any atom is 0.0273 e. The van der Waals surface area contributed by atoms with E-state index < -0.39 is 0 Å². The second-order valence-electron chi connectivity index (χ2n) is 3.34. The van der Waals surface area contributed by atoms with Gasteiger partial charge in [0.1, 0.15) is 0 Å². The van der Waals surface area contributed by atoms with Crippen molar-refractivity contribution in [1.29, 1.82) is 0 Å². The highest BCUT2D eigenvalue weighted by Gasteiger charge is 2.82. The molecule has 0 radical (unpaired) electrons. The molecule has 1 nitrogen and oxygen atoms in total. The molecule has 0 spiro atoms. The number of piperidine rings is 1. The van der Waals surface area contributed by atoms with Gasteiger partial charge in [-0.3, -0.25) is 0 Å². The summed E-state index contributed by atoms with van der Waals surface area (Å²) in [6, 6.07) is 1.71. The summed E-state index contributed by atoms with van der Waals surface area (Å²) in [5, 5.41) is 0. The highest BCUT2D eigenvalue weighted by molar-refractivity contribution is 7.77. The second kappa shape index (κ2) is 0.868. The van der Waals surface area contributed by atoms with Gasteiger partial charge in [0.15, 0.2) is 0 Å². The molecule has 2 heterocycles. The Labute approximate surface area is 54.6 Å². The zero-order valence-electron chi connectivity index (χ0n) is 4.78. The maximum atomic E-state index is 4.38. The van der Waals surface area contributed by atoms with Crippen LogP contribution in [0.4, 0.5) is 0 Å². The summed E-state index contributed by atoms with van der Waals surface area (Å²) in [4.78, 5) is 0. The molecule has 44 valence electrons. The van der Waals surface area contributed by atoms with Crippen LogP contribution in [0.25, 0.3) is 0 Å². The van der Waals surface area contributed by atoms with Crippen LogP contribution in [0.15, 0.2) is 0 Å². The van der Waals surface area contributed by atoms with E-state index in [2.05, 4.69) is 24.0 Å². The predicted octanol–water partition coefficient (Wildman–Crippen LogP) is 0.780. The minimum absolute atomic E-state index is 0.790. The van der Waals surface area contributed by atoms with Gasteiger partial charge in [0.05, 0.1) is 0 Å². The molecule has 3 atom stereocenters. The molecule has 0 amide bonds. The van der Waals surface area contributed by atoms with Gasteiger partial charge in [0.25, 0.3) is 0 Å². The molecule has 2 saturated carbocycles. The van der Waals surface area contributed by atoms with Crippen molar-refractivity contribution in [3.05, 3.63) is 0 Å². The quantitative estimate of drug-likeness (QED) is 0.471. The lowest BCUT2D eigenvalue weighted by molar-refractivity contribution is 0.465. The van der Waals surface area contributed by atoms with E-state index in [1.165, 1.54) is 0 Å². The average Bonchev–Trinajstić information content (AvgIpc) is 2.45. The van der Waals surface area contributed by atoms with Gasteiger partial charge in [0.2, 0.25) is 0 Å². The van der Waals surface area contributed by atoms with E-state index in [-0.39, 0.29) is 0 Å². The smallest absolute Gasteiger partial charge is 0.0273 e. The molecule has 2 heteroatoms. The minimum atomic E-state index is 0.790. The van der Waals surface area contributed by atoms with Gasteiger partial charge in [0, 0.05) is 12.1 Å². The summed E-state index contributed by atoms with van der Waals surface area (Å²) in [6.07, 6.45) is 0. The Kier molecular flexibility index (Phi) is 0.453. The van der Waals surface area contributed by atoms with Crippen molar-refractivity contribution in [2.24, 2.45) is 17.8 Å². The minimum Gasteiger partial charge on any atom is -0.247 e. The third-order valence-corrected chi connectivity index (χ3v) is 3.75. The van der Waals surface area contributed by atoms with Crippen molar-refractivity contribution in [3.63, 3.8) is 0 Å². The van der Waals surface area contributed by atoms with Crippen molar-refractivity contribution in [2.45, 2.75) is 19.0 Å². The summed E-state index contributed by atoms with van der Waals surface area (Å²) >= 11 is 4.38. The second-order valence-corrected chi connectivity index (χ2v) is 3.81. The molecule has 4 fully saturated rings. The summed E-state index contributed by atoms with van der Waals surface area (Å²) in [5.74, 6) is 3.27. The highest BCUT2D eigenvalue weighted by Crippen LogP contribution is 2.78. The lowest BCUT2D eigenvalue weighted by Gasteiger charge is -2.09. The Bertz CT molecular complexity index is 133. The van der Waals surface area contributed by atoms with Crippen LogP contribution >= 0.6 is 12.8 Å². The number of hydrogen-bond acceptors (Lipinski definition) is 2. The van der Waals surface area contributed by atoms with Gasteiger partial charge in [-0.05, 0) is 24.7 Å². The first-order valence-electron chi connectivity index (χ1n) is 3.29. The molecule has 2 aliphatic carbocycles. The number of fused-ring (bicyclic) bond motifs is 1.